The fourth-order valence-corrected chi connectivity index (χ4v) is 15.0. The van der Waals surface area contributed by atoms with E-state index in [0.29, 0.717) is 23.1 Å². The number of amides is 19. The molecule has 143 heavy (non-hydrogen) atoms. The van der Waals surface area contributed by atoms with Crippen LogP contribution >= 0.6 is 0 Å². The summed E-state index contributed by atoms with van der Waals surface area (Å²) >= 11 is 0. The molecule has 0 aliphatic carbocycles. The van der Waals surface area contributed by atoms with Crippen LogP contribution in [0.25, 0.3) is 0 Å². The number of aliphatic carboxylic acids is 1. The number of nitrogens with zero attached hydrogens (tertiary/aromatic N) is 2. The second-order valence-electron chi connectivity index (χ2n) is 34.1. The van der Waals surface area contributed by atoms with Gasteiger partial charge in [0.25, 0.3) is 0 Å². The summed E-state index contributed by atoms with van der Waals surface area (Å²) in [5.74, 6) is -23.1. The zero-order valence-corrected chi connectivity index (χ0v) is 79.1. The molecule has 0 saturated carbocycles. The van der Waals surface area contributed by atoms with E-state index in [1.807, 2.05) is 5.32 Å². The molecule has 0 aromatic heterocycles. The third kappa shape index (κ3) is 40.6. The number of likely N-dealkylation sites (tertiary alicyclic amines) is 2. The maximum absolute atomic E-state index is 14.7. The van der Waals surface area contributed by atoms with Crippen molar-refractivity contribution in [3.63, 3.8) is 0 Å². The number of aliphatic hydroxyl groups is 5. The Kier molecular flexibility index (Phi) is 49.8. The Bertz CT molecular complexity index is 4910. The normalized spacial score (nSPS) is 16.5. The van der Waals surface area contributed by atoms with E-state index in [2.05, 4.69) is 85.1 Å². The molecule has 19 amide bonds. The van der Waals surface area contributed by atoms with Gasteiger partial charge in [-0.05, 0) is 152 Å². The average Bonchev–Trinajstić information content (AvgIpc) is 1.69. The number of guanidine groups is 2. The van der Waals surface area contributed by atoms with Gasteiger partial charge in [-0.2, -0.15) is 0 Å². The molecule has 55 heteroatoms. The Morgan fingerprint density at radius 1 is 0.392 bits per heavy atom. The van der Waals surface area contributed by atoms with E-state index in [-0.39, 0.29) is 128 Å². The van der Waals surface area contributed by atoms with Crippen LogP contribution in [-0.2, 0) is 115 Å². The number of carboxylic acids is 1. The molecule has 39 N–H and O–H groups in total. The number of primary amides is 2. The number of nitrogens with one attached hydrogen (secondary N) is 19. The first-order chi connectivity index (χ1) is 67.7. The molecular weight excluding hydrogens is 1880 g/mol. The molecule has 0 spiro atoms. The van der Waals surface area contributed by atoms with Crippen LogP contribution < -0.4 is 125 Å². The Balaban J connectivity index is 1.22. The number of hydrogen-bond donors (Lipinski definition) is 33. The highest BCUT2D eigenvalue weighted by Gasteiger charge is 2.44. The summed E-state index contributed by atoms with van der Waals surface area (Å²) in [6.45, 7) is -2.45. The summed E-state index contributed by atoms with van der Waals surface area (Å²) in [5, 5.41) is 137. The number of aromatic hydroxyl groups is 2. The summed E-state index contributed by atoms with van der Waals surface area (Å²) in [6, 6.07) is -6.73. The number of aliphatic hydroxyl groups excluding tert-OH is 5. The molecule has 0 bridgehead atoms. The molecule has 3 aromatic rings. The summed E-state index contributed by atoms with van der Waals surface area (Å²) in [7, 11) is 0. The molecule has 788 valence electrons. The molecule has 18 atom stereocenters. The minimum Gasteiger partial charge on any atom is -0.508 e. The molecule has 0 radical (unpaired) electrons. The van der Waals surface area contributed by atoms with Gasteiger partial charge in [0.2, 0.25) is 112 Å². The summed E-state index contributed by atoms with van der Waals surface area (Å²) in [4.78, 5) is 276. The molecule has 3 aromatic carbocycles. The van der Waals surface area contributed by atoms with Crippen molar-refractivity contribution >= 4 is 130 Å². The van der Waals surface area contributed by atoms with E-state index < -0.39 is 291 Å². The standard InChI is InChI=1S/C88H133N27O28/c1-44(84(140)114-33-11-18-63(114)81(137)106-55(28-29-65(91)123)75(131)113-70(46(3)120)86(142)143)101-73(129)53(16-9-31-97-87(93)94)104-74(130)54(17-10-32-98-88(95)96)105-79(135)61(42-117)111-80(136)62(43-118)110-78(134)60(41-116)103-68(126)39-99-72(128)57(37-49-22-26-51(122)27-23-49)102-67(125)40-100-83(139)69(45(2)119)112-82(138)64-19-12-34-115(64)85(141)56(15-7-8-30-89)107-77(133)59(38-66(92)124)109-76(132)58(36-47-13-5-4-6-14-47)108-71(127)52(90)35-48-20-24-50(121)25-21-48/h4-6,13-14,20-27,44-46,52-64,69-70,116-122H,7-12,15-19,28-43,89-90H2,1-3H3,(H2,91,123)(H2,92,124)(H,99,128)(H,100,139)(H,101,129)(H,102,125)(H,103,126)(H,104,130)(H,105,135)(H,106,137)(H,107,133)(H,108,127)(H,109,132)(H,110,134)(H,111,136)(H,112,138)(H,113,131)(H,142,143)(H4,93,94,97)(H4,95,96,98)/t44-,45+,46+,52-,53-,54-,55-,56-,57-,58-,59?,60-,61-,62-,63-,64-,69-,70-/m0/s1. The van der Waals surface area contributed by atoms with E-state index in [4.69, 9.17) is 45.2 Å². The fourth-order valence-electron chi connectivity index (χ4n) is 15.0. The van der Waals surface area contributed by atoms with E-state index in [0.717, 1.165) is 23.6 Å². The maximum atomic E-state index is 14.7. The molecule has 2 aliphatic rings. The Morgan fingerprint density at radius 3 is 1.24 bits per heavy atom. The predicted molar refractivity (Wildman–Crippen MR) is 504 cm³/mol. The van der Waals surface area contributed by atoms with Crippen molar-refractivity contribution in [1.29, 1.82) is 10.8 Å². The SMILES string of the molecule is C[C@H](NC(=O)[C@H](CCCNC(=N)N)NC(=O)[C@H](CCCNC(=N)N)NC(=O)[C@H](CO)NC(=O)[C@H](CO)NC(=O)[C@H](CO)NC(=O)CNC(=O)[C@H](Cc1ccc(O)cc1)NC(=O)CNC(=O)[C@@H](NC(=O)[C@@H]1CCCN1C(=O)[C@H](CCCCN)NC(=O)C(CC(N)=O)NC(=O)[C@H](Cc1ccccc1)NC(=O)[C@@H](N)Cc1ccc(O)cc1)[C@@H](C)O)C(=O)N1CCC[C@H]1C(=O)N[C@@H](CCC(N)=O)C(=O)N[C@H](C(=O)O)[C@@H](C)O. The van der Waals surface area contributed by atoms with Crippen molar-refractivity contribution in [1.82, 2.24) is 100 Å². The van der Waals surface area contributed by atoms with Crippen molar-refractivity contribution in [2.24, 2.45) is 34.4 Å². The number of rotatable bonds is 61. The van der Waals surface area contributed by atoms with E-state index in [9.17, 15) is 137 Å². The zero-order valence-electron chi connectivity index (χ0n) is 79.1. The Morgan fingerprint density at radius 2 is 0.776 bits per heavy atom. The van der Waals surface area contributed by atoms with Gasteiger partial charge >= 0.3 is 5.97 Å². The second-order valence-corrected chi connectivity index (χ2v) is 34.1. The van der Waals surface area contributed by atoms with E-state index in [1.54, 1.807) is 42.5 Å². The first kappa shape index (κ1) is 118. The third-order valence-electron chi connectivity index (χ3n) is 22.6. The molecule has 55 nitrogen and oxygen atoms in total. The second kappa shape index (κ2) is 60.1. The van der Waals surface area contributed by atoms with Gasteiger partial charge in [-0.3, -0.25) is 102 Å². The zero-order chi connectivity index (χ0) is 106. The largest absolute Gasteiger partial charge is 0.508 e. The Labute approximate surface area is 820 Å². The highest BCUT2D eigenvalue weighted by molar-refractivity contribution is 6.02. The number of nitrogens with two attached hydrogens (primary N) is 6. The molecule has 2 aliphatic heterocycles. The lowest BCUT2D eigenvalue weighted by Crippen LogP contribution is -2.61. The van der Waals surface area contributed by atoms with Crippen LogP contribution in [0.4, 0.5) is 0 Å². The lowest BCUT2D eigenvalue weighted by molar-refractivity contribution is -0.146. The van der Waals surface area contributed by atoms with Crippen LogP contribution in [0.1, 0.15) is 127 Å². The quantitative estimate of drug-likeness (QED) is 0.0142. The molecule has 2 heterocycles. The predicted octanol–water partition coefficient (Wildman–Crippen LogP) is -13.4. The lowest BCUT2D eigenvalue weighted by Gasteiger charge is -2.31. The highest BCUT2D eigenvalue weighted by atomic mass is 16.4. The average molecular weight is 2020 g/mol. The van der Waals surface area contributed by atoms with Crippen molar-refractivity contribution in [2.45, 2.75) is 239 Å². The molecule has 2 saturated heterocycles. The first-order valence-electron chi connectivity index (χ1n) is 46.0. The minimum absolute atomic E-state index is 0.00950. The van der Waals surface area contributed by atoms with E-state index in [1.165, 1.54) is 43.3 Å². The van der Waals surface area contributed by atoms with Gasteiger partial charge in [-0.1, -0.05) is 54.6 Å². The maximum Gasteiger partial charge on any atom is 0.328 e. The van der Waals surface area contributed by atoms with Crippen molar-refractivity contribution in [2.75, 3.05) is 65.6 Å². The van der Waals surface area contributed by atoms with Crippen molar-refractivity contribution in [3.05, 3.63) is 95.6 Å². The van der Waals surface area contributed by atoms with Crippen LogP contribution in [0.15, 0.2) is 78.9 Å². The Hall–Kier alpha value is -15.1. The van der Waals surface area contributed by atoms with Gasteiger partial charge in [-0.15, -0.1) is 0 Å². The smallest absolute Gasteiger partial charge is 0.328 e. The van der Waals surface area contributed by atoms with Gasteiger partial charge in [0.05, 0.1) is 57.6 Å². The van der Waals surface area contributed by atoms with Crippen LogP contribution in [0.5, 0.6) is 11.5 Å². The van der Waals surface area contributed by atoms with Gasteiger partial charge in [0, 0.05) is 45.4 Å². The first-order valence-corrected chi connectivity index (χ1v) is 46.0. The van der Waals surface area contributed by atoms with Gasteiger partial charge < -0.3 is 175 Å². The summed E-state index contributed by atoms with van der Waals surface area (Å²) in [6.07, 6.45) is -5.34. The molecule has 5 rings (SSSR count). The number of phenols is 2. The van der Waals surface area contributed by atoms with Gasteiger partial charge in [-0.25, -0.2) is 4.79 Å². The van der Waals surface area contributed by atoms with Crippen LogP contribution in [0.3, 0.4) is 0 Å². The number of phenolic OH excluding ortho intramolecular Hbond substituents is 2. The number of benzene rings is 3. The van der Waals surface area contributed by atoms with Crippen LogP contribution in [0.2, 0.25) is 0 Å². The third-order valence-corrected chi connectivity index (χ3v) is 22.6. The monoisotopic (exact) mass is 2020 g/mol. The number of carboxylic acid groups (broad SMARTS) is 1. The lowest BCUT2D eigenvalue weighted by atomic mass is 10.0. The molecule has 1 unspecified atom stereocenters. The van der Waals surface area contributed by atoms with Crippen LogP contribution in [0, 0.1) is 10.8 Å². The van der Waals surface area contributed by atoms with Crippen molar-refractivity contribution < 1.29 is 137 Å². The molecular formula is C88H133N27O28. The highest BCUT2D eigenvalue weighted by Crippen LogP contribution is 2.24. The van der Waals surface area contributed by atoms with Gasteiger partial charge in [0.1, 0.15) is 96.1 Å². The summed E-state index contributed by atoms with van der Waals surface area (Å²) < 4.78 is 0. The van der Waals surface area contributed by atoms with Gasteiger partial charge in [0.15, 0.2) is 18.0 Å². The number of carbonyl (C=O) groups excluding carboxylic acids is 19. The van der Waals surface area contributed by atoms with E-state index >= 15 is 0 Å². The minimum atomic E-state index is -2.06. The van der Waals surface area contributed by atoms with Crippen molar-refractivity contribution in [3.8, 4) is 11.5 Å². The number of unbranched alkanes of at least 4 members (excludes halogenated alkanes) is 1. The topological polar surface area (TPSA) is 918 Å². The number of hydrogen-bond acceptors (Lipinski definition) is 31. The number of carbonyl (C=O) groups is 20. The summed E-state index contributed by atoms with van der Waals surface area (Å²) in [5.41, 5.74) is 35.3. The molecule has 2 fully saturated rings. The fraction of sp³-hybridized carbons (Fsp3) is 0.545. The van der Waals surface area contributed by atoms with Crippen LogP contribution in [-0.4, -0.2) is 355 Å².